The van der Waals surface area contributed by atoms with Gasteiger partial charge < -0.3 is 19.5 Å². The van der Waals surface area contributed by atoms with Crippen LogP contribution < -0.4 is 14.8 Å². The Morgan fingerprint density at radius 3 is 2.68 bits per heavy atom. The fourth-order valence-electron chi connectivity index (χ4n) is 4.11. The first-order chi connectivity index (χ1) is 13.5. The van der Waals surface area contributed by atoms with Crippen LogP contribution in [0.1, 0.15) is 44.6 Å². The Kier molecular flexibility index (Phi) is 6.07. The molecule has 1 heterocycles. The highest BCUT2D eigenvalue weighted by molar-refractivity contribution is 6.00. The van der Waals surface area contributed by atoms with E-state index in [1.807, 2.05) is 25.1 Å². The van der Waals surface area contributed by atoms with Gasteiger partial charge in [0, 0.05) is 40.9 Å². The van der Waals surface area contributed by atoms with Crippen molar-refractivity contribution in [3.63, 3.8) is 0 Å². The second-order valence-electron chi connectivity index (χ2n) is 6.85. The van der Waals surface area contributed by atoms with E-state index >= 15 is 0 Å². The quantitative estimate of drug-likeness (QED) is 0.783. The summed E-state index contributed by atoms with van der Waals surface area (Å²) in [5.41, 5.74) is 3.10. The van der Waals surface area contributed by atoms with Gasteiger partial charge in [-0.3, -0.25) is 9.59 Å². The highest BCUT2D eigenvalue weighted by Gasteiger charge is 2.45. The lowest BCUT2D eigenvalue weighted by atomic mass is 9.71. The van der Waals surface area contributed by atoms with Crippen LogP contribution in [-0.4, -0.2) is 32.6 Å². The molecule has 2 unspecified atom stereocenters. The Balaban J connectivity index is 2.23. The van der Waals surface area contributed by atoms with Crippen LogP contribution in [0.5, 0.6) is 11.5 Å². The van der Waals surface area contributed by atoms with Gasteiger partial charge in [-0.25, -0.2) is 0 Å². The van der Waals surface area contributed by atoms with Gasteiger partial charge in [-0.1, -0.05) is 12.1 Å². The van der Waals surface area contributed by atoms with E-state index in [1.165, 1.54) is 0 Å². The predicted molar refractivity (Wildman–Crippen MR) is 105 cm³/mol. The zero-order valence-corrected chi connectivity index (χ0v) is 16.8. The number of hydrogen-bond acceptors (Lipinski definition) is 6. The van der Waals surface area contributed by atoms with Gasteiger partial charge in [0.25, 0.3) is 0 Å². The first-order valence-corrected chi connectivity index (χ1v) is 9.63. The summed E-state index contributed by atoms with van der Waals surface area (Å²) in [7, 11) is 3.16. The molecule has 2 atom stereocenters. The van der Waals surface area contributed by atoms with Crippen molar-refractivity contribution in [2.45, 2.75) is 39.0 Å². The average molecular weight is 385 g/mol. The lowest BCUT2D eigenvalue weighted by Gasteiger charge is -2.39. The minimum Gasteiger partial charge on any atom is -0.497 e. The van der Waals surface area contributed by atoms with Crippen LogP contribution in [0, 0.1) is 5.92 Å². The minimum atomic E-state index is -0.631. The molecule has 1 aliphatic heterocycles. The molecule has 0 bridgehead atoms. The monoisotopic (exact) mass is 385 g/mol. The van der Waals surface area contributed by atoms with Crippen LogP contribution in [0.4, 0.5) is 0 Å². The molecule has 0 fully saturated rings. The second-order valence-corrected chi connectivity index (χ2v) is 6.85. The molecule has 6 heteroatoms. The number of carbonyl (C=O) groups is 2. The Bertz CT molecular complexity index is 839. The molecule has 1 aliphatic carbocycles. The van der Waals surface area contributed by atoms with Crippen LogP contribution in [-0.2, 0) is 14.3 Å². The van der Waals surface area contributed by atoms with Crippen LogP contribution >= 0.6 is 0 Å². The number of hydrogen-bond donors (Lipinski definition) is 1. The summed E-state index contributed by atoms with van der Waals surface area (Å²) >= 11 is 0. The van der Waals surface area contributed by atoms with E-state index in [-0.39, 0.29) is 18.4 Å². The van der Waals surface area contributed by atoms with Crippen molar-refractivity contribution < 1.29 is 23.8 Å². The van der Waals surface area contributed by atoms with E-state index in [0.717, 1.165) is 29.8 Å². The number of allylic oxidation sites excluding steroid dienone is 3. The normalized spacial score (nSPS) is 23.1. The van der Waals surface area contributed by atoms with E-state index in [1.54, 1.807) is 27.2 Å². The van der Waals surface area contributed by atoms with Crippen molar-refractivity contribution in [3.8, 4) is 11.5 Å². The molecule has 0 saturated carbocycles. The lowest BCUT2D eigenvalue weighted by molar-refractivity contribution is -0.147. The van der Waals surface area contributed by atoms with Gasteiger partial charge in [0.05, 0.1) is 20.8 Å². The predicted octanol–water partition coefficient (Wildman–Crippen LogP) is 3.48. The molecular weight excluding hydrogens is 358 g/mol. The van der Waals surface area contributed by atoms with Gasteiger partial charge in [0.2, 0.25) is 0 Å². The average Bonchev–Trinajstić information content (AvgIpc) is 2.72. The number of ether oxygens (including phenoxy) is 3. The topological polar surface area (TPSA) is 73.9 Å². The summed E-state index contributed by atoms with van der Waals surface area (Å²) in [5, 5.41) is 3.34. The van der Waals surface area contributed by atoms with Crippen molar-refractivity contribution in [3.05, 3.63) is 46.8 Å². The molecule has 6 nitrogen and oxygen atoms in total. The van der Waals surface area contributed by atoms with Gasteiger partial charge in [-0.15, -0.1) is 0 Å². The Morgan fingerprint density at radius 2 is 2.04 bits per heavy atom. The smallest absolute Gasteiger partial charge is 0.315 e. The van der Waals surface area contributed by atoms with E-state index in [2.05, 4.69) is 5.32 Å². The number of nitrogens with one attached hydrogen (secondary N) is 1. The first kappa shape index (κ1) is 20.0. The van der Waals surface area contributed by atoms with Crippen molar-refractivity contribution in [2.24, 2.45) is 5.92 Å². The molecular formula is C22H27NO5. The molecule has 3 rings (SSSR count). The van der Waals surface area contributed by atoms with E-state index in [9.17, 15) is 9.59 Å². The fraction of sp³-hybridized carbons (Fsp3) is 0.455. The standard InChI is InChI=1S/C22H27NO5/c1-5-15-21(22(25)28-6-2)19(20-16(23-15)8-7-9-17(20)24)14-11-10-13(26-3)12-18(14)27-4/h5,10-12,19,21,23H,6-9H2,1-4H3. The number of ketones is 1. The Morgan fingerprint density at radius 1 is 1.25 bits per heavy atom. The summed E-state index contributed by atoms with van der Waals surface area (Å²) in [6.45, 7) is 3.94. The van der Waals surface area contributed by atoms with Crippen molar-refractivity contribution in [1.82, 2.24) is 5.32 Å². The molecule has 1 aromatic carbocycles. The zero-order chi connectivity index (χ0) is 20.3. The lowest BCUT2D eigenvalue weighted by Crippen LogP contribution is -2.41. The van der Waals surface area contributed by atoms with Gasteiger partial charge in [0.1, 0.15) is 17.4 Å². The van der Waals surface area contributed by atoms with Crippen molar-refractivity contribution in [1.29, 1.82) is 0 Å². The fourth-order valence-corrected chi connectivity index (χ4v) is 4.11. The third-order valence-electron chi connectivity index (χ3n) is 5.36. The summed E-state index contributed by atoms with van der Waals surface area (Å²) in [6, 6.07) is 5.48. The van der Waals surface area contributed by atoms with Crippen LogP contribution in [0.3, 0.4) is 0 Å². The number of carbonyl (C=O) groups excluding carboxylic acids is 2. The Hall–Kier alpha value is -2.76. The number of benzene rings is 1. The van der Waals surface area contributed by atoms with E-state index < -0.39 is 11.8 Å². The van der Waals surface area contributed by atoms with E-state index in [0.29, 0.717) is 23.5 Å². The largest absolute Gasteiger partial charge is 0.497 e. The molecule has 0 saturated heterocycles. The summed E-state index contributed by atoms with van der Waals surface area (Å²) in [4.78, 5) is 25.9. The van der Waals surface area contributed by atoms with Crippen molar-refractivity contribution in [2.75, 3.05) is 20.8 Å². The summed E-state index contributed by atoms with van der Waals surface area (Å²) < 4.78 is 16.3. The minimum absolute atomic E-state index is 0.0704. The number of methoxy groups -OCH3 is 2. The van der Waals surface area contributed by atoms with Gasteiger partial charge in [-0.05, 0) is 32.8 Å². The molecule has 1 N–H and O–H groups in total. The summed E-state index contributed by atoms with van der Waals surface area (Å²) in [6.07, 6.45) is 3.95. The van der Waals surface area contributed by atoms with Crippen LogP contribution in [0.15, 0.2) is 41.2 Å². The van der Waals surface area contributed by atoms with Gasteiger partial charge in [0.15, 0.2) is 5.78 Å². The highest BCUT2D eigenvalue weighted by atomic mass is 16.5. The SMILES string of the molecule is CC=C1NC2=C(C(=O)CCC2)C(c2ccc(OC)cc2OC)C1C(=O)OCC. The second kappa shape index (κ2) is 8.50. The van der Waals surface area contributed by atoms with E-state index in [4.69, 9.17) is 14.2 Å². The molecule has 2 aliphatic rings. The van der Waals surface area contributed by atoms with Gasteiger partial charge >= 0.3 is 5.97 Å². The number of rotatable bonds is 5. The number of esters is 1. The first-order valence-electron chi connectivity index (χ1n) is 9.63. The molecule has 0 spiro atoms. The van der Waals surface area contributed by atoms with Crippen LogP contribution in [0.2, 0.25) is 0 Å². The van der Waals surface area contributed by atoms with Crippen molar-refractivity contribution >= 4 is 11.8 Å². The molecule has 0 aromatic heterocycles. The molecule has 150 valence electrons. The maximum absolute atomic E-state index is 13.0. The third kappa shape index (κ3) is 3.51. The number of Topliss-reactive ketones (excluding diaryl/α,β-unsaturated/α-hetero) is 1. The van der Waals surface area contributed by atoms with Crippen LogP contribution in [0.25, 0.3) is 0 Å². The van der Waals surface area contributed by atoms with Gasteiger partial charge in [-0.2, -0.15) is 0 Å². The summed E-state index contributed by atoms with van der Waals surface area (Å²) in [5.74, 6) is -0.140. The maximum atomic E-state index is 13.0. The molecule has 0 radical (unpaired) electrons. The Labute approximate surface area is 165 Å². The molecule has 0 amide bonds. The molecule has 28 heavy (non-hydrogen) atoms. The highest BCUT2D eigenvalue weighted by Crippen LogP contribution is 2.47. The zero-order valence-electron chi connectivity index (χ0n) is 16.8. The maximum Gasteiger partial charge on any atom is 0.315 e. The molecule has 1 aromatic rings. The third-order valence-corrected chi connectivity index (χ3v) is 5.36.